The number of aryl methyl sites for hydroxylation is 1. The maximum absolute atomic E-state index is 11.4. The fourth-order valence-corrected chi connectivity index (χ4v) is 2.24. The van der Waals surface area contributed by atoms with Crippen molar-refractivity contribution in [1.82, 2.24) is 0 Å². The zero-order valence-corrected chi connectivity index (χ0v) is 12.2. The maximum Gasteiger partial charge on any atom is 0.242 e. The van der Waals surface area contributed by atoms with Crippen molar-refractivity contribution in [2.45, 2.75) is 6.92 Å². The minimum atomic E-state index is -3.37. The van der Waals surface area contributed by atoms with Crippen molar-refractivity contribution in [2.75, 3.05) is 23.6 Å². The Morgan fingerprint density at radius 2 is 1.76 bits per heavy atom. The number of sulfonamides is 1. The molecule has 1 N–H and O–H groups in total. The predicted octanol–water partition coefficient (Wildman–Crippen LogP) is 2.11. The molecule has 17 heavy (non-hydrogen) atoms. The van der Waals surface area contributed by atoms with Crippen LogP contribution in [0.25, 0.3) is 0 Å². The van der Waals surface area contributed by atoms with Gasteiger partial charge in [-0.3, -0.25) is 4.72 Å². The molecule has 0 atom stereocenters. The number of alkyl halides is 1. The monoisotopic (exact) mass is 323 g/mol. The third-order valence-corrected chi connectivity index (χ3v) is 4.77. The summed E-state index contributed by atoms with van der Waals surface area (Å²) < 4.78 is 35.4. The molecule has 7 heteroatoms. The van der Waals surface area contributed by atoms with Crippen molar-refractivity contribution < 1.29 is 17.9 Å². The minimum absolute atomic E-state index is 0.159. The van der Waals surface area contributed by atoms with Gasteiger partial charge < -0.3 is 9.47 Å². The molecule has 0 amide bonds. The number of methoxy groups -OCH3 is 2. The number of halogens is 1. The summed E-state index contributed by atoms with van der Waals surface area (Å²) in [6, 6.07) is 3.30. The first-order chi connectivity index (χ1) is 7.93. The molecule has 1 rings (SSSR count). The molecule has 96 valence electrons. The Bertz CT molecular complexity index is 501. The van der Waals surface area contributed by atoms with Crippen LogP contribution >= 0.6 is 15.9 Å². The topological polar surface area (TPSA) is 64.6 Å². The van der Waals surface area contributed by atoms with E-state index in [2.05, 4.69) is 20.7 Å². The SMILES string of the molecule is COc1cc(C)c(NS(=O)(=O)CBr)cc1OC. The Hall–Kier alpha value is -0.950. The van der Waals surface area contributed by atoms with Crippen LogP contribution in [0.2, 0.25) is 0 Å². The van der Waals surface area contributed by atoms with E-state index in [1.165, 1.54) is 14.2 Å². The Morgan fingerprint density at radius 3 is 2.24 bits per heavy atom. The van der Waals surface area contributed by atoms with Gasteiger partial charge in [-0.15, -0.1) is 0 Å². The number of benzene rings is 1. The van der Waals surface area contributed by atoms with Crippen molar-refractivity contribution in [3.05, 3.63) is 17.7 Å². The number of nitrogens with one attached hydrogen (secondary N) is 1. The van der Waals surface area contributed by atoms with E-state index in [0.29, 0.717) is 17.2 Å². The van der Waals surface area contributed by atoms with Crippen LogP contribution in [0.1, 0.15) is 5.56 Å². The van der Waals surface area contributed by atoms with Gasteiger partial charge in [-0.2, -0.15) is 0 Å². The molecule has 0 unspecified atom stereocenters. The Labute approximate surface area is 109 Å². The summed E-state index contributed by atoms with van der Waals surface area (Å²) in [6.07, 6.45) is 0. The van der Waals surface area contributed by atoms with Crippen molar-refractivity contribution in [3.8, 4) is 11.5 Å². The van der Waals surface area contributed by atoms with E-state index in [1.807, 2.05) is 0 Å². The first-order valence-corrected chi connectivity index (χ1v) is 7.50. The smallest absolute Gasteiger partial charge is 0.242 e. The average Bonchev–Trinajstić information content (AvgIpc) is 2.31. The van der Waals surface area contributed by atoms with Crippen LogP contribution in [0.15, 0.2) is 12.1 Å². The van der Waals surface area contributed by atoms with Gasteiger partial charge in [0.05, 0.1) is 19.9 Å². The van der Waals surface area contributed by atoms with E-state index in [9.17, 15) is 8.42 Å². The average molecular weight is 324 g/mol. The highest BCUT2D eigenvalue weighted by molar-refractivity contribution is 9.10. The Morgan fingerprint density at radius 1 is 1.24 bits per heavy atom. The second-order valence-corrected chi connectivity index (χ2v) is 6.37. The molecule has 0 aliphatic carbocycles. The lowest BCUT2D eigenvalue weighted by atomic mass is 10.2. The highest BCUT2D eigenvalue weighted by Crippen LogP contribution is 2.33. The van der Waals surface area contributed by atoms with Crippen molar-refractivity contribution >= 4 is 31.6 Å². The molecule has 5 nitrogen and oxygen atoms in total. The van der Waals surface area contributed by atoms with Crippen LogP contribution in [-0.4, -0.2) is 27.3 Å². The summed E-state index contributed by atoms with van der Waals surface area (Å²) in [5, 5.41) is 0. The van der Waals surface area contributed by atoms with Gasteiger partial charge in [0.1, 0.15) is 4.66 Å². The highest BCUT2D eigenvalue weighted by Gasteiger charge is 2.13. The number of hydrogen-bond donors (Lipinski definition) is 1. The molecular weight excluding hydrogens is 310 g/mol. The van der Waals surface area contributed by atoms with Crippen LogP contribution in [0, 0.1) is 6.92 Å². The van der Waals surface area contributed by atoms with Gasteiger partial charge in [0.25, 0.3) is 0 Å². The zero-order valence-electron chi connectivity index (χ0n) is 9.78. The van der Waals surface area contributed by atoms with Crippen LogP contribution in [-0.2, 0) is 10.0 Å². The van der Waals surface area contributed by atoms with Gasteiger partial charge in [-0.05, 0) is 18.6 Å². The van der Waals surface area contributed by atoms with Crippen LogP contribution in [0.4, 0.5) is 5.69 Å². The lowest BCUT2D eigenvalue weighted by Gasteiger charge is -2.13. The molecule has 1 aromatic rings. The van der Waals surface area contributed by atoms with Crippen molar-refractivity contribution in [1.29, 1.82) is 0 Å². The molecule has 0 bridgehead atoms. The minimum Gasteiger partial charge on any atom is -0.493 e. The van der Waals surface area contributed by atoms with Gasteiger partial charge in [0.15, 0.2) is 11.5 Å². The molecule has 0 fully saturated rings. The first-order valence-electron chi connectivity index (χ1n) is 4.72. The highest BCUT2D eigenvalue weighted by atomic mass is 79.9. The van der Waals surface area contributed by atoms with E-state index in [-0.39, 0.29) is 4.66 Å². The molecule has 1 aromatic carbocycles. The molecule has 0 aliphatic heterocycles. The Balaban J connectivity index is 3.18. The van der Waals surface area contributed by atoms with Gasteiger partial charge in [0, 0.05) is 6.07 Å². The van der Waals surface area contributed by atoms with Gasteiger partial charge in [0.2, 0.25) is 10.0 Å². The van der Waals surface area contributed by atoms with E-state index in [4.69, 9.17) is 9.47 Å². The van der Waals surface area contributed by atoms with Gasteiger partial charge >= 0.3 is 0 Å². The van der Waals surface area contributed by atoms with Crippen molar-refractivity contribution in [3.63, 3.8) is 0 Å². The standard InChI is InChI=1S/C10H14BrNO4S/c1-7-4-9(15-2)10(16-3)5-8(7)12-17(13,14)6-11/h4-5,12H,6H2,1-3H3. The molecule has 0 aliphatic rings. The molecular formula is C10H14BrNO4S. The lowest BCUT2D eigenvalue weighted by molar-refractivity contribution is 0.355. The van der Waals surface area contributed by atoms with E-state index >= 15 is 0 Å². The summed E-state index contributed by atoms with van der Waals surface area (Å²) in [5.41, 5.74) is 1.23. The second kappa shape index (κ2) is 5.59. The molecule has 0 radical (unpaired) electrons. The summed E-state index contributed by atoms with van der Waals surface area (Å²) in [4.78, 5) is 0. The van der Waals surface area contributed by atoms with Gasteiger partial charge in [-0.1, -0.05) is 15.9 Å². The fraction of sp³-hybridized carbons (Fsp3) is 0.400. The van der Waals surface area contributed by atoms with E-state index < -0.39 is 10.0 Å². The van der Waals surface area contributed by atoms with E-state index in [0.717, 1.165) is 5.56 Å². The summed E-state index contributed by atoms with van der Waals surface area (Å²) in [7, 11) is -0.346. The molecule has 0 saturated carbocycles. The second-order valence-electron chi connectivity index (χ2n) is 3.35. The number of ether oxygens (including phenoxy) is 2. The van der Waals surface area contributed by atoms with Crippen LogP contribution in [0.3, 0.4) is 0 Å². The zero-order chi connectivity index (χ0) is 13.1. The quantitative estimate of drug-likeness (QED) is 0.843. The normalized spacial score (nSPS) is 11.1. The summed E-state index contributed by atoms with van der Waals surface area (Å²) in [5.74, 6) is 1.04. The summed E-state index contributed by atoms with van der Waals surface area (Å²) in [6.45, 7) is 1.79. The number of hydrogen-bond acceptors (Lipinski definition) is 4. The molecule has 0 aromatic heterocycles. The molecule has 0 spiro atoms. The number of anilines is 1. The fourth-order valence-electron chi connectivity index (χ4n) is 1.29. The van der Waals surface area contributed by atoms with Crippen molar-refractivity contribution in [2.24, 2.45) is 0 Å². The lowest BCUT2D eigenvalue weighted by Crippen LogP contribution is -2.14. The van der Waals surface area contributed by atoms with Gasteiger partial charge in [-0.25, -0.2) is 8.42 Å². The number of rotatable bonds is 5. The molecule has 0 saturated heterocycles. The molecule has 0 heterocycles. The third kappa shape index (κ3) is 3.50. The third-order valence-electron chi connectivity index (χ3n) is 2.14. The summed E-state index contributed by atoms with van der Waals surface area (Å²) >= 11 is 2.91. The largest absolute Gasteiger partial charge is 0.493 e. The Kier molecular flexibility index (Phi) is 4.64. The van der Waals surface area contributed by atoms with Crippen LogP contribution < -0.4 is 14.2 Å². The predicted molar refractivity (Wildman–Crippen MR) is 70.6 cm³/mol. The first kappa shape index (κ1) is 14.1. The maximum atomic E-state index is 11.4. The van der Waals surface area contributed by atoms with E-state index in [1.54, 1.807) is 19.1 Å². The van der Waals surface area contributed by atoms with Crippen LogP contribution in [0.5, 0.6) is 11.5 Å².